The second kappa shape index (κ2) is 9.44. The summed E-state index contributed by atoms with van der Waals surface area (Å²) in [5.74, 6) is 2.33. The minimum Gasteiger partial charge on any atom is -0.493 e. The molecule has 0 bridgehead atoms. The topological polar surface area (TPSA) is 63.7 Å². The number of unbranched alkanes of at least 4 members (excludes halogenated alkanes) is 2. The van der Waals surface area contributed by atoms with Crippen molar-refractivity contribution < 1.29 is 14.3 Å². The van der Waals surface area contributed by atoms with Crippen LogP contribution in [0.5, 0.6) is 11.5 Å². The highest BCUT2D eigenvalue weighted by molar-refractivity contribution is 5.94. The third kappa shape index (κ3) is 4.55. The van der Waals surface area contributed by atoms with E-state index in [4.69, 9.17) is 9.47 Å². The number of fused-ring (bicyclic) bond motifs is 1. The number of hydrogen-bond donors (Lipinski definition) is 1. The van der Waals surface area contributed by atoms with Gasteiger partial charge in [-0.05, 0) is 48.2 Å². The first kappa shape index (κ1) is 20.0. The van der Waals surface area contributed by atoms with Gasteiger partial charge in [0.05, 0.1) is 19.8 Å². The van der Waals surface area contributed by atoms with Crippen LogP contribution in [0.1, 0.15) is 47.7 Å². The van der Waals surface area contributed by atoms with Crippen molar-refractivity contribution in [3.05, 3.63) is 47.2 Å². The third-order valence-electron chi connectivity index (χ3n) is 5.12. The molecule has 0 atom stereocenters. The number of aromatic nitrogens is 1. The summed E-state index contributed by atoms with van der Waals surface area (Å²) in [7, 11) is 3.31. The van der Waals surface area contributed by atoms with Gasteiger partial charge in [-0.2, -0.15) is 0 Å². The van der Waals surface area contributed by atoms with Gasteiger partial charge in [0, 0.05) is 25.8 Å². The Bertz CT molecular complexity index is 805. The summed E-state index contributed by atoms with van der Waals surface area (Å²) < 4.78 is 10.8. The van der Waals surface area contributed by atoms with E-state index in [0.717, 1.165) is 56.1 Å². The number of nitrogens with one attached hydrogen (secondary N) is 1. The number of rotatable bonds is 8. The van der Waals surface area contributed by atoms with Gasteiger partial charge >= 0.3 is 0 Å². The van der Waals surface area contributed by atoms with Crippen molar-refractivity contribution in [3.63, 3.8) is 0 Å². The smallest absolute Gasteiger partial charge is 0.252 e. The van der Waals surface area contributed by atoms with E-state index in [1.807, 2.05) is 18.2 Å². The lowest BCUT2D eigenvalue weighted by Gasteiger charge is -2.30. The Morgan fingerprint density at radius 3 is 2.54 bits per heavy atom. The minimum atomic E-state index is -0.0593. The maximum atomic E-state index is 12.2. The molecule has 3 rings (SSSR count). The van der Waals surface area contributed by atoms with Crippen LogP contribution < -0.4 is 19.7 Å². The van der Waals surface area contributed by atoms with Gasteiger partial charge in [0.2, 0.25) is 0 Å². The fourth-order valence-electron chi connectivity index (χ4n) is 3.47. The zero-order chi connectivity index (χ0) is 19.9. The molecule has 1 N–H and O–H groups in total. The highest BCUT2D eigenvalue weighted by atomic mass is 16.5. The van der Waals surface area contributed by atoms with Gasteiger partial charge in [-0.3, -0.25) is 4.79 Å². The molecule has 0 spiro atoms. The van der Waals surface area contributed by atoms with Gasteiger partial charge in [0.25, 0.3) is 5.91 Å². The number of ether oxygens (including phenoxy) is 2. The number of nitrogens with zero attached hydrogens (tertiary/aromatic N) is 2. The van der Waals surface area contributed by atoms with E-state index in [-0.39, 0.29) is 5.91 Å². The van der Waals surface area contributed by atoms with E-state index >= 15 is 0 Å². The first-order valence-electron chi connectivity index (χ1n) is 9.89. The number of benzene rings is 1. The number of anilines is 1. The Morgan fingerprint density at radius 1 is 1.14 bits per heavy atom. The minimum absolute atomic E-state index is 0.0593. The van der Waals surface area contributed by atoms with Crippen molar-refractivity contribution in [1.82, 2.24) is 10.3 Å². The second-order valence-corrected chi connectivity index (χ2v) is 7.02. The Balaban J connectivity index is 1.66. The monoisotopic (exact) mass is 383 g/mol. The van der Waals surface area contributed by atoms with Crippen LogP contribution in [0.2, 0.25) is 0 Å². The highest BCUT2D eigenvalue weighted by Gasteiger charge is 2.20. The van der Waals surface area contributed by atoms with E-state index in [1.165, 1.54) is 11.1 Å². The molecule has 0 fully saturated rings. The van der Waals surface area contributed by atoms with Crippen LogP contribution >= 0.6 is 0 Å². The summed E-state index contributed by atoms with van der Waals surface area (Å²) in [6.07, 6.45) is 5.86. The molecule has 28 heavy (non-hydrogen) atoms. The fourth-order valence-corrected chi connectivity index (χ4v) is 3.47. The predicted octanol–water partition coefficient (Wildman–Crippen LogP) is 3.58. The Kier molecular flexibility index (Phi) is 6.74. The molecule has 6 nitrogen and oxygen atoms in total. The number of carbonyl (C=O) groups excluding carboxylic acids is 1. The molecule has 0 unspecified atom stereocenters. The fraction of sp³-hybridized carbons (Fsp3) is 0.455. The van der Waals surface area contributed by atoms with Gasteiger partial charge in [0.1, 0.15) is 5.82 Å². The van der Waals surface area contributed by atoms with E-state index in [9.17, 15) is 4.79 Å². The largest absolute Gasteiger partial charge is 0.493 e. The van der Waals surface area contributed by atoms with Crippen molar-refractivity contribution in [2.45, 2.75) is 39.2 Å². The molecular formula is C22H29N3O3. The summed E-state index contributed by atoms with van der Waals surface area (Å²) in [4.78, 5) is 18.9. The van der Waals surface area contributed by atoms with E-state index in [0.29, 0.717) is 12.1 Å². The van der Waals surface area contributed by atoms with Crippen LogP contribution in [0.4, 0.5) is 5.82 Å². The lowest BCUT2D eigenvalue weighted by molar-refractivity contribution is 0.0952. The number of methoxy groups -OCH3 is 2. The molecule has 6 heteroatoms. The first-order valence-corrected chi connectivity index (χ1v) is 9.89. The van der Waals surface area contributed by atoms with Crippen LogP contribution in [-0.2, 0) is 13.0 Å². The molecule has 1 aromatic carbocycles. The van der Waals surface area contributed by atoms with Gasteiger partial charge in [-0.25, -0.2) is 4.98 Å². The third-order valence-corrected chi connectivity index (χ3v) is 5.12. The van der Waals surface area contributed by atoms with Gasteiger partial charge in [0.15, 0.2) is 11.5 Å². The first-order chi connectivity index (χ1) is 13.7. The average molecular weight is 383 g/mol. The molecule has 1 amide bonds. The lowest BCUT2D eigenvalue weighted by atomic mass is 9.98. The molecule has 1 aromatic heterocycles. The second-order valence-electron chi connectivity index (χ2n) is 7.02. The van der Waals surface area contributed by atoms with E-state index in [2.05, 4.69) is 28.2 Å². The van der Waals surface area contributed by atoms with Crippen LogP contribution in [-0.4, -0.2) is 38.2 Å². The molecule has 1 aliphatic rings. The Hall–Kier alpha value is -2.76. The Morgan fingerprint density at radius 2 is 1.89 bits per heavy atom. The van der Waals surface area contributed by atoms with Gasteiger partial charge in [-0.1, -0.05) is 19.8 Å². The van der Waals surface area contributed by atoms with Gasteiger partial charge in [-0.15, -0.1) is 0 Å². The lowest BCUT2D eigenvalue weighted by Crippen LogP contribution is -2.31. The van der Waals surface area contributed by atoms with Crippen molar-refractivity contribution in [2.75, 3.05) is 32.2 Å². The summed E-state index contributed by atoms with van der Waals surface area (Å²) >= 11 is 0. The molecule has 150 valence electrons. The molecule has 0 saturated carbocycles. The van der Waals surface area contributed by atoms with Crippen LogP contribution in [0.25, 0.3) is 0 Å². The maximum absolute atomic E-state index is 12.2. The summed E-state index contributed by atoms with van der Waals surface area (Å²) in [6, 6.07) is 7.87. The van der Waals surface area contributed by atoms with E-state index < -0.39 is 0 Å². The van der Waals surface area contributed by atoms with Crippen molar-refractivity contribution in [3.8, 4) is 11.5 Å². The standard InChI is InChI=1S/C22H29N3O3/c1-4-5-6-10-23-22(26)17-7-8-21(24-14-17)25-11-9-16-12-19(27-2)20(28-3)13-18(16)15-25/h7-8,12-14H,4-6,9-11,15H2,1-3H3,(H,23,26). The Labute approximate surface area is 166 Å². The molecule has 0 saturated heterocycles. The van der Waals surface area contributed by atoms with Crippen LogP contribution in [0.15, 0.2) is 30.5 Å². The maximum Gasteiger partial charge on any atom is 0.252 e. The molecule has 0 aliphatic carbocycles. The number of pyridine rings is 1. The zero-order valence-corrected chi connectivity index (χ0v) is 17.0. The number of carbonyl (C=O) groups is 1. The molecule has 1 aliphatic heterocycles. The number of hydrogen-bond acceptors (Lipinski definition) is 5. The SMILES string of the molecule is CCCCCNC(=O)c1ccc(N2CCc3cc(OC)c(OC)cc3C2)nc1. The van der Waals surface area contributed by atoms with E-state index in [1.54, 1.807) is 20.4 Å². The highest BCUT2D eigenvalue weighted by Crippen LogP contribution is 2.34. The summed E-state index contributed by atoms with van der Waals surface area (Å²) in [6.45, 7) is 4.49. The molecular weight excluding hydrogens is 354 g/mol. The molecule has 2 aromatic rings. The molecule has 0 radical (unpaired) electrons. The molecule has 2 heterocycles. The normalized spacial score (nSPS) is 13.0. The number of amides is 1. The van der Waals surface area contributed by atoms with Gasteiger partial charge < -0.3 is 19.7 Å². The quantitative estimate of drug-likeness (QED) is 0.706. The average Bonchev–Trinajstić information content (AvgIpc) is 2.75. The van der Waals surface area contributed by atoms with Crippen LogP contribution in [0, 0.1) is 0 Å². The van der Waals surface area contributed by atoms with Crippen molar-refractivity contribution in [2.24, 2.45) is 0 Å². The van der Waals surface area contributed by atoms with Crippen molar-refractivity contribution in [1.29, 1.82) is 0 Å². The summed E-state index contributed by atoms with van der Waals surface area (Å²) in [5, 5.41) is 2.95. The van der Waals surface area contributed by atoms with Crippen molar-refractivity contribution >= 4 is 11.7 Å². The van der Waals surface area contributed by atoms with Crippen LogP contribution in [0.3, 0.4) is 0 Å². The summed E-state index contributed by atoms with van der Waals surface area (Å²) in [5.41, 5.74) is 3.09. The predicted molar refractivity (Wildman–Crippen MR) is 110 cm³/mol. The zero-order valence-electron chi connectivity index (χ0n) is 17.0.